The summed E-state index contributed by atoms with van der Waals surface area (Å²) >= 11 is 0. The van der Waals surface area contributed by atoms with Crippen LogP contribution in [0.5, 0.6) is 11.5 Å². The highest BCUT2D eigenvalue weighted by Gasteiger charge is 2.22. The van der Waals surface area contributed by atoms with Crippen LogP contribution in [0.3, 0.4) is 0 Å². The molecule has 5 heteroatoms. The average Bonchev–Trinajstić information content (AvgIpc) is 2.50. The molecule has 0 saturated heterocycles. The summed E-state index contributed by atoms with van der Waals surface area (Å²) in [5, 5.41) is 13.6. The summed E-state index contributed by atoms with van der Waals surface area (Å²) in [5.41, 5.74) is 0.227. The highest BCUT2D eigenvalue weighted by molar-refractivity contribution is 5.42. The summed E-state index contributed by atoms with van der Waals surface area (Å²) in [6, 6.07) is 5.79. The Bertz CT molecular complexity index is 434. The van der Waals surface area contributed by atoms with Crippen molar-refractivity contribution in [3.8, 4) is 11.5 Å². The number of methoxy groups -OCH3 is 3. The van der Waals surface area contributed by atoms with Crippen molar-refractivity contribution in [3.05, 3.63) is 23.8 Å². The van der Waals surface area contributed by atoms with E-state index < -0.39 is 5.60 Å². The zero-order valence-corrected chi connectivity index (χ0v) is 13.6. The standard InChI is InChI=1S/C16H27NO4/c1-12(17-11-16(2,18)8-9-19-3)14-7-6-13(20-4)10-15(14)21-5/h6-7,10,12,17-18H,8-9,11H2,1-5H3. The molecule has 0 aliphatic heterocycles. The van der Waals surface area contributed by atoms with E-state index in [2.05, 4.69) is 5.32 Å². The molecular weight excluding hydrogens is 270 g/mol. The molecule has 0 aromatic heterocycles. The van der Waals surface area contributed by atoms with Gasteiger partial charge >= 0.3 is 0 Å². The van der Waals surface area contributed by atoms with E-state index >= 15 is 0 Å². The van der Waals surface area contributed by atoms with Crippen molar-refractivity contribution < 1.29 is 19.3 Å². The lowest BCUT2D eigenvalue weighted by Crippen LogP contribution is -2.39. The maximum absolute atomic E-state index is 10.3. The Morgan fingerprint density at radius 3 is 2.52 bits per heavy atom. The molecule has 0 heterocycles. The largest absolute Gasteiger partial charge is 0.497 e. The smallest absolute Gasteiger partial charge is 0.127 e. The van der Waals surface area contributed by atoms with Gasteiger partial charge in [-0.3, -0.25) is 0 Å². The van der Waals surface area contributed by atoms with E-state index in [0.29, 0.717) is 19.6 Å². The molecule has 0 bridgehead atoms. The van der Waals surface area contributed by atoms with Gasteiger partial charge in [-0.25, -0.2) is 0 Å². The number of nitrogens with one attached hydrogen (secondary N) is 1. The maximum atomic E-state index is 10.3. The second-order valence-corrected chi connectivity index (χ2v) is 5.45. The molecule has 0 fully saturated rings. The number of ether oxygens (including phenoxy) is 3. The highest BCUT2D eigenvalue weighted by atomic mass is 16.5. The van der Waals surface area contributed by atoms with Gasteiger partial charge in [0.05, 0.1) is 19.8 Å². The molecule has 0 saturated carbocycles. The summed E-state index contributed by atoms with van der Waals surface area (Å²) in [6.45, 7) is 4.86. The van der Waals surface area contributed by atoms with Gasteiger partial charge in [-0.05, 0) is 19.9 Å². The molecule has 1 rings (SSSR count). The van der Waals surface area contributed by atoms with Crippen LogP contribution >= 0.6 is 0 Å². The molecule has 2 unspecified atom stereocenters. The number of rotatable bonds is 9. The lowest BCUT2D eigenvalue weighted by Gasteiger charge is -2.26. The first kappa shape index (κ1) is 17.8. The zero-order valence-electron chi connectivity index (χ0n) is 13.6. The molecule has 0 amide bonds. The fourth-order valence-electron chi connectivity index (χ4n) is 2.07. The van der Waals surface area contributed by atoms with Crippen molar-refractivity contribution in [2.24, 2.45) is 0 Å². The molecule has 120 valence electrons. The third kappa shape index (κ3) is 5.53. The first-order valence-electron chi connectivity index (χ1n) is 7.10. The Balaban J connectivity index is 2.69. The third-order valence-electron chi connectivity index (χ3n) is 3.54. The molecule has 0 radical (unpaired) electrons. The fourth-order valence-corrected chi connectivity index (χ4v) is 2.07. The van der Waals surface area contributed by atoms with E-state index in [1.807, 2.05) is 25.1 Å². The van der Waals surface area contributed by atoms with Crippen LogP contribution in [0.4, 0.5) is 0 Å². The van der Waals surface area contributed by atoms with Gasteiger partial charge in [0.1, 0.15) is 11.5 Å². The summed E-state index contributed by atoms with van der Waals surface area (Å²) < 4.78 is 15.6. The van der Waals surface area contributed by atoms with E-state index in [4.69, 9.17) is 14.2 Å². The number of hydrogen-bond acceptors (Lipinski definition) is 5. The van der Waals surface area contributed by atoms with Crippen LogP contribution in [-0.4, -0.2) is 45.2 Å². The Morgan fingerprint density at radius 2 is 1.95 bits per heavy atom. The second kappa shape index (κ2) is 8.22. The minimum atomic E-state index is -0.802. The van der Waals surface area contributed by atoms with Gasteiger partial charge in [0, 0.05) is 44.4 Å². The Labute approximate surface area is 127 Å². The molecule has 2 atom stereocenters. The lowest BCUT2D eigenvalue weighted by molar-refractivity contribution is 0.0230. The van der Waals surface area contributed by atoms with Crippen LogP contribution in [0.1, 0.15) is 31.9 Å². The second-order valence-electron chi connectivity index (χ2n) is 5.45. The van der Waals surface area contributed by atoms with Crippen LogP contribution < -0.4 is 14.8 Å². The normalized spacial score (nSPS) is 15.3. The number of hydrogen-bond donors (Lipinski definition) is 2. The van der Waals surface area contributed by atoms with Gasteiger partial charge in [-0.1, -0.05) is 6.07 Å². The van der Waals surface area contributed by atoms with E-state index in [1.54, 1.807) is 28.3 Å². The Kier molecular flexibility index (Phi) is 6.95. The molecular formula is C16H27NO4. The van der Waals surface area contributed by atoms with E-state index in [1.165, 1.54) is 0 Å². The first-order valence-corrected chi connectivity index (χ1v) is 7.10. The molecule has 1 aromatic carbocycles. The SMILES string of the molecule is COCCC(C)(O)CNC(C)c1ccc(OC)cc1OC. The monoisotopic (exact) mass is 297 g/mol. The summed E-state index contributed by atoms with van der Waals surface area (Å²) in [5.74, 6) is 1.53. The van der Waals surface area contributed by atoms with Crippen molar-refractivity contribution in [1.82, 2.24) is 5.32 Å². The molecule has 0 spiro atoms. The van der Waals surface area contributed by atoms with Crippen molar-refractivity contribution in [1.29, 1.82) is 0 Å². The van der Waals surface area contributed by atoms with Crippen molar-refractivity contribution in [2.75, 3.05) is 34.5 Å². The summed E-state index contributed by atoms with van der Waals surface area (Å²) in [7, 11) is 4.90. The molecule has 1 aromatic rings. The zero-order chi connectivity index (χ0) is 15.9. The minimum Gasteiger partial charge on any atom is -0.497 e. The van der Waals surface area contributed by atoms with Gasteiger partial charge in [0.25, 0.3) is 0 Å². The van der Waals surface area contributed by atoms with Gasteiger partial charge in [0.2, 0.25) is 0 Å². The quantitative estimate of drug-likeness (QED) is 0.731. The van der Waals surface area contributed by atoms with Crippen molar-refractivity contribution in [3.63, 3.8) is 0 Å². The number of benzene rings is 1. The fraction of sp³-hybridized carbons (Fsp3) is 0.625. The predicted octanol–water partition coefficient (Wildman–Crippen LogP) is 2.14. The predicted molar refractivity (Wildman–Crippen MR) is 83.1 cm³/mol. The number of aliphatic hydroxyl groups is 1. The van der Waals surface area contributed by atoms with Gasteiger partial charge in [-0.15, -0.1) is 0 Å². The topological polar surface area (TPSA) is 60.0 Å². The molecule has 0 aliphatic carbocycles. The van der Waals surface area contributed by atoms with E-state index in [0.717, 1.165) is 17.1 Å². The minimum absolute atomic E-state index is 0.0554. The van der Waals surface area contributed by atoms with Crippen molar-refractivity contribution in [2.45, 2.75) is 31.9 Å². The van der Waals surface area contributed by atoms with Gasteiger partial charge in [0.15, 0.2) is 0 Å². The summed E-state index contributed by atoms with van der Waals surface area (Å²) in [6.07, 6.45) is 0.586. The van der Waals surface area contributed by atoms with Gasteiger partial charge < -0.3 is 24.6 Å². The average molecular weight is 297 g/mol. The van der Waals surface area contributed by atoms with E-state index in [-0.39, 0.29) is 6.04 Å². The third-order valence-corrected chi connectivity index (χ3v) is 3.54. The van der Waals surface area contributed by atoms with E-state index in [9.17, 15) is 5.11 Å². The van der Waals surface area contributed by atoms with Crippen LogP contribution in [-0.2, 0) is 4.74 Å². The van der Waals surface area contributed by atoms with Crippen LogP contribution in [0, 0.1) is 0 Å². The van der Waals surface area contributed by atoms with Crippen LogP contribution in [0.25, 0.3) is 0 Å². The Morgan fingerprint density at radius 1 is 1.24 bits per heavy atom. The Hall–Kier alpha value is -1.30. The molecule has 21 heavy (non-hydrogen) atoms. The molecule has 2 N–H and O–H groups in total. The summed E-state index contributed by atoms with van der Waals surface area (Å²) in [4.78, 5) is 0. The first-order chi connectivity index (χ1) is 9.93. The molecule has 0 aliphatic rings. The van der Waals surface area contributed by atoms with Crippen LogP contribution in [0.15, 0.2) is 18.2 Å². The lowest BCUT2D eigenvalue weighted by atomic mass is 10.0. The van der Waals surface area contributed by atoms with Gasteiger partial charge in [-0.2, -0.15) is 0 Å². The van der Waals surface area contributed by atoms with Crippen molar-refractivity contribution >= 4 is 0 Å². The molecule has 5 nitrogen and oxygen atoms in total. The van der Waals surface area contributed by atoms with Crippen LogP contribution in [0.2, 0.25) is 0 Å². The highest BCUT2D eigenvalue weighted by Crippen LogP contribution is 2.29. The maximum Gasteiger partial charge on any atom is 0.127 e.